The van der Waals surface area contributed by atoms with E-state index in [1.54, 1.807) is 13.3 Å². The second-order valence-electron chi connectivity index (χ2n) is 17.5. The predicted octanol–water partition coefficient (Wildman–Crippen LogP) is 6.27. The van der Waals surface area contributed by atoms with E-state index < -0.39 is 0 Å². The van der Waals surface area contributed by atoms with Crippen molar-refractivity contribution >= 4 is 55.6 Å². The van der Waals surface area contributed by atoms with E-state index >= 15 is 0 Å². The Morgan fingerprint density at radius 1 is 0.714 bits per heavy atom. The number of nitrogens with zero attached hydrogens (tertiary/aromatic N) is 2. The Labute approximate surface area is 377 Å². The molecule has 8 unspecified atom stereocenters. The van der Waals surface area contributed by atoms with Crippen molar-refractivity contribution in [2.45, 2.75) is 58.3 Å². The number of hydrogen-bond donors (Lipinski definition) is 2. The van der Waals surface area contributed by atoms with Crippen molar-refractivity contribution < 1.29 is 61.6 Å². The van der Waals surface area contributed by atoms with Gasteiger partial charge in [0, 0.05) is 11.1 Å². The average Bonchev–Trinajstić information content (AvgIpc) is 3.21. The van der Waals surface area contributed by atoms with Gasteiger partial charge in [-0.25, -0.2) is 0 Å². The quantitative estimate of drug-likeness (QED) is 0.0964. The Bertz CT molecular complexity index is 2280. The van der Waals surface area contributed by atoms with Crippen LogP contribution in [-0.4, -0.2) is 32.1 Å². The molecule has 1 spiro atoms. The van der Waals surface area contributed by atoms with Crippen LogP contribution in [-0.2, 0) is 5.41 Å². The molecule has 4 saturated carbocycles. The molecule has 0 saturated heterocycles. The van der Waals surface area contributed by atoms with E-state index in [9.17, 15) is 10.2 Å². The fraction of sp³-hybridized carbons (Fsp3) is 0.347. The van der Waals surface area contributed by atoms with E-state index in [0.717, 1.165) is 40.8 Å². The maximum atomic E-state index is 10.7. The fourth-order valence-corrected chi connectivity index (χ4v) is 12.8. The van der Waals surface area contributed by atoms with Gasteiger partial charge in [-0.2, -0.15) is 5.46 Å². The van der Waals surface area contributed by atoms with E-state index in [-0.39, 0.29) is 84.8 Å². The molecule has 10 rings (SSSR count). The first-order chi connectivity index (χ1) is 26.7. The van der Waals surface area contributed by atoms with E-state index in [4.69, 9.17) is 20.7 Å². The molecule has 8 atom stereocenters. The molecule has 1 aliphatic heterocycles. The van der Waals surface area contributed by atoms with Crippen molar-refractivity contribution in [2.75, 3.05) is 4.90 Å². The molecule has 4 fully saturated rings. The zero-order chi connectivity index (χ0) is 37.7. The summed E-state index contributed by atoms with van der Waals surface area (Å²) in [4.78, 5) is 7.24. The second kappa shape index (κ2) is 14.6. The molecular formula is C49H46B2KN2O2-. The molecule has 1 heterocycles. The summed E-state index contributed by atoms with van der Waals surface area (Å²) in [6.45, 7) is 6.81. The number of aromatic hydroxyl groups is 2. The zero-order valence-corrected chi connectivity index (χ0v) is 36.0. The summed E-state index contributed by atoms with van der Waals surface area (Å²) in [7, 11) is 12.4. The summed E-state index contributed by atoms with van der Waals surface area (Å²) in [6, 6.07) is 34.9. The van der Waals surface area contributed by atoms with Gasteiger partial charge in [0.25, 0.3) is 0 Å². The van der Waals surface area contributed by atoms with E-state index in [2.05, 4.69) is 97.8 Å². The number of fused-ring (bicyclic) bond motifs is 8. The number of rotatable bonds is 5. The summed E-state index contributed by atoms with van der Waals surface area (Å²) in [6.07, 6.45) is 11.9. The molecule has 4 bridgehead atoms. The predicted molar refractivity (Wildman–Crippen MR) is 225 cm³/mol. The van der Waals surface area contributed by atoms with Crippen molar-refractivity contribution in [1.82, 2.24) is 0 Å². The summed E-state index contributed by atoms with van der Waals surface area (Å²) in [5.41, 5.74) is 10.1. The van der Waals surface area contributed by atoms with Gasteiger partial charge in [-0.3, -0.25) is 0 Å². The third kappa shape index (κ3) is 5.69. The third-order valence-corrected chi connectivity index (χ3v) is 14.9. The minimum Gasteiger partial charge on any atom is -0.538 e. The van der Waals surface area contributed by atoms with Gasteiger partial charge in [-0.1, -0.05) is 86.1 Å². The Hall–Kier alpha value is -3.19. The molecule has 4 nitrogen and oxygen atoms in total. The van der Waals surface area contributed by atoms with Crippen LogP contribution in [0, 0.1) is 60.7 Å². The van der Waals surface area contributed by atoms with Gasteiger partial charge in [0.05, 0.1) is 25.0 Å². The third-order valence-electron chi connectivity index (χ3n) is 14.9. The first kappa shape index (κ1) is 38.3. The summed E-state index contributed by atoms with van der Waals surface area (Å²) >= 11 is 0. The second-order valence-corrected chi connectivity index (χ2v) is 17.5. The van der Waals surface area contributed by atoms with E-state index in [1.807, 2.05) is 24.3 Å². The SMILES string of the molecule is [B]c1c([B])c([CH-]c2ccccc2N=[C-]c2ccc(N3c4ccccc4C4(c5ccccc53)C3CC(C)C5CC6CC(C)C4C(C6)C5C3)cc2)c(O)c(O)c1C.[K+]. The molecule has 56 heavy (non-hydrogen) atoms. The smallest absolute Gasteiger partial charge is 0.538 e. The van der Waals surface area contributed by atoms with Crippen LogP contribution in [0.5, 0.6) is 11.5 Å². The Kier molecular flexibility index (Phi) is 9.97. The maximum absolute atomic E-state index is 10.7. The van der Waals surface area contributed by atoms with Gasteiger partial charge in [-0.05, 0) is 127 Å². The van der Waals surface area contributed by atoms with Gasteiger partial charge >= 0.3 is 51.4 Å². The van der Waals surface area contributed by atoms with Crippen molar-refractivity contribution in [3.8, 4) is 11.5 Å². The molecule has 0 amide bonds. The van der Waals surface area contributed by atoms with E-state index in [1.165, 1.54) is 54.6 Å². The molecule has 272 valence electrons. The van der Waals surface area contributed by atoms with Gasteiger partial charge in [-0.15, -0.1) is 41.2 Å². The summed E-state index contributed by atoms with van der Waals surface area (Å²) < 4.78 is 0. The molecule has 5 aliphatic rings. The standard InChI is InChI=1S/C49H46B2N2O2.K/c1-27-21-33-25-36-35(27)22-31-20-28(2)44(37(36)23-31)49(33)39-11-5-8-14-42(39)53(43-15-9-6-12-40(43)49)34-18-16-30(17-19-34)26-52-41-13-7-4-10-32(41)24-38-46(51)45(50)29(3)47(54)48(38)55;/h4-19,24,27-28,31,33,35-37,44,54-55H,20-23,25H2,1-3H3;/q-2;+1. The van der Waals surface area contributed by atoms with Crippen molar-refractivity contribution in [1.29, 1.82) is 0 Å². The van der Waals surface area contributed by atoms with Crippen molar-refractivity contribution in [3.05, 3.63) is 137 Å². The van der Waals surface area contributed by atoms with Crippen LogP contribution in [0.2, 0.25) is 0 Å². The largest absolute Gasteiger partial charge is 1.00 e. The number of benzene rings is 5. The Morgan fingerprint density at radius 2 is 1.36 bits per heavy atom. The molecule has 4 aliphatic carbocycles. The molecule has 2 N–H and O–H groups in total. The fourth-order valence-electron chi connectivity index (χ4n) is 12.8. The number of phenolic OH excluding ortho intramolecular Hbond substituents is 2. The van der Waals surface area contributed by atoms with Crippen LogP contribution in [0.25, 0.3) is 0 Å². The number of para-hydroxylation sites is 3. The van der Waals surface area contributed by atoms with Crippen LogP contribution >= 0.6 is 0 Å². The summed E-state index contributed by atoms with van der Waals surface area (Å²) in [5.74, 6) is 5.72. The monoisotopic (exact) mass is 755 g/mol. The minimum absolute atomic E-state index is 0. The maximum Gasteiger partial charge on any atom is 1.00 e. The van der Waals surface area contributed by atoms with Crippen molar-refractivity contribution in [2.24, 2.45) is 52.3 Å². The number of aliphatic imine (C=N–C) groups is 1. The molecule has 7 heteroatoms. The van der Waals surface area contributed by atoms with Gasteiger partial charge in [0.2, 0.25) is 0 Å². The van der Waals surface area contributed by atoms with Crippen LogP contribution in [0.4, 0.5) is 22.7 Å². The first-order valence-corrected chi connectivity index (χ1v) is 20.3. The Balaban J connectivity index is 0.00000410. The van der Waals surface area contributed by atoms with Crippen LogP contribution in [0.15, 0.2) is 102 Å². The molecule has 0 aromatic heterocycles. The topological polar surface area (TPSA) is 56.1 Å². The van der Waals surface area contributed by atoms with Gasteiger partial charge in [0.15, 0.2) is 0 Å². The minimum atomic E-state index is -0.306. The van der Waals surface area contributed by atoms with E-state index in [0.29, 0.717) is 34.6 Å². The molecule has 5 aromatic rings. The van der Waals surface area contributed by atoms with Crippen LogP contribution in [0.3, 0.4) is 0 Å². The molecular weight excluding hydrogens is 709 g/mol. The zero-order valence-electron chi connectivity index (χ0n) is 32.9. The average molecular weight is 756 g/mol. The summed E-state index contributed by atoms with van der Waals surface area (Å²) in [5, 5.41) is 21.2. The molecule has 4 radical (unpaired) electrons. The number of anilines is 3. The van der Waals surface area contributed by atoms with Crippen LogP contribution in [0.1, 0.15) is 79.3 Å². The molecule has 5 aromatic carbocycles. The first-order valence-electron chi connectivity index (χ1n) is 20.3. The van der Waals surface area contributed by atoms with Gasteiger partial charge in [0.1, 0.15) is 13.6 Å². The van der Waals surface area contributed by atoms with Crippen molar-refractivity contribution in [3.63, 3.8) is 0 Å². The Morgan fingerprint density at radius 3 is 2.07 bits per heavy atom. The number of phenols is 2. The normalized spacial score (nSPS) is 27.7. The van der Waals surface area contributed by atoms with Crippen LogP contribution < -0.4 is 67.2 Å². The number of hydrogen-bond acceptors (Lipinski definition) is 4. The van der Waals surface area contributed by atoms with Gasteiger partial charge < -0.3 is 20.1 Å².